The maximum absolute atomic E-state index is 12.1. The third kappa shape index (κ3) is 1.93. The zero-order chi connectivity index (χ0) is 13.5. The zero-order valence-corrected chi connectivity index (χ0v) is 10.9. The Hall–Kier alpha value is -1.68. The van der Waals surface area contributed by atoms with Gasteiger partial charge in [0, 0.05) is 0 Å². The number of imide groups is 1. The lowest BCUT2D eigenvalue weighted by Gasteiger charge is -2.19. The molecule has 1 aromatic carbocycles. The van der Waals surface area contributed by atoms with Crippen molar-refractivity contribution in [3.05, 3.63) is 34.9 Å². The minimum absolute atomic E-state index is 0.0528. The van der Waals surface area contributed by atoms with Gasteiger partial charge < -0.3 is 5.11 Å². The number of amides is 2. The molecule has 1 aliphatic rings. The minimum atomic E-state index is -0.315. The fraction of sp³-hybridized carbons (Fsp3) is 0.429. The van der Waals surface area contributed by atoms with Crippen LogP contribution in [0, 0.1) is 0 Å². The molecule has 0 saturated heterocycles. The maximum atomic E-state index is 12.1. The molecule has 4 nitrogen and oxygen atoms in total. The van der Waals surface area contributed by atoms with Gasteiger partial charge in [-0.3, -0.25) is 14.5 Å². The smallest absolute Gasteiger partial charge is 0.261 e. The molecule has 0 radical (unpaired) electrons. The van der Waals surface area contributed by atoms with Gasteiger partial charge in [-0.15, -0.1) is 0 Å². The number of β-amino-alcohol motifs (C(OH)–C–C–N with tert-alkyl or cyclic N) is 1. The molecular formula is C14H17NO3. The van der Waals surface area contributed by atoms with Crippen molar-refractivity contribution in [2.45, 2.75) is 26.2 Å². The molecule has 0 unspecified atom stereocenters. The van der Waals surface area contributed by atoms with E-state index in [1.165, 1.54) is 0 Å². The monoisotopic (exact) mass is 247 g/mol. The Morgan fingerprint density at radius 3 is 2.28 bits per heavy atom. The van der Waals surface area contributed by atoms with Crippen molar-refractivity contribution < 1.29 is 14.7 Å². The molecule has 0 bridgehead atoms. The summed E-state index contributed by atoms with van der Waals surface area (Å²) in [4.78, 5) is 25.1. The summed E-state index contributed by atoms with van der Waals surface area (Å²) in [5.41, 5.74) is 1.83. The predicted octanol–water partition coefficient (Wildman–Crippen LogP) is 1.57. The number of fused-ring (bicyclic) bond motifs is 1. The van der Waals surface area contributed by atoms with Gasteiger partial charge in [-0.25, -0.2) is 0 Å². The SMILES string of the molecule is CC(C)(C)c1ccc2c(c1)C(=O)N(CCO)C2=O. The van der Waals surface area contributed by atoms with Crippen molar-refractivity contribution in [2.24, 2.45) is 0 Å². The summed E-state index contributed by atoms with van der Waals surface area (Å²) in [5.74, 6) is -0.625. The van der Waals surface area contributed by atoms with Gasteiger partial charge in [-0.1, -0.05) is 26.8 Å². The molecule has 1 aromatic rings. The Kier molecular flexibility index (Phi) is 2.99. The van der Waals surface area contributed by atoms with Crippen LogP contribution in [-0.4, -0.2) is 35.0 Å². The number of benzene rings is 1. The van der Waals surface area contributed by atoms with E-state index in [1.807, 2.05) is 6.07 Å². The lowest BCUT2D eigenvalue weighted by Crippen LogP contribution is -2.32. The highest BCUT2D eigenvalue weighted by Crippen LogP contribution is 2.29. The molecule has 0 saturated carbocycles. The summed E-state index contributed by atoms with van der Waals surface area (Å²) in [6.07, 6.45) is 0. The molecule has 2 amide bonds. The van der Waals surface area contributed by atoms with Gasteiger partial charge in [-0.05, 0) is 23.1 Å². The number of nitrogens with zero attached hydrogens (tertiary/aromatic N) is 1. The van der Waals surface area contributed by atoms with E-state index >= 15 is 0 Å². The Morgan fingerprint density at radius 1 is 1.11 bits per heavy atom. The Labute approximate surface area is 106 Å². The Morgan fingerprint density at radius 2 is 1.72 bits per heavy atom. The first kappa shape index (κ1) is 12.8. The van der Waals surface area contributed by atoms with Crippen LogP contribution in [0.25, 0.3) is 0 Å². The first-order chi connectivity index (χ1) is 8.36. The van der Waals surface area contributed by atoms with E-state index in [1.54, 1.807) is 12.1 Å². The van der Waals surface area contributed by atoms with Crippen molar-refractivity contribution in [2.75, 3.05) is 13.2 Å². The summed E-state index contributed by atoms with van der Waals surface area (Å²) in [6, 6.07) is 5.37. The topological polar surface area (TPSA) is 57.6 Å². The highest BCUT2D eigenvalue weighted by molar-refractivity contribution is 6.21. The lowest BCUT2D eigenvalue weighted by atomic mass is 9.85. The first-order valence-electron chi connectivity index (χ1n) is 5.98. The van der Waals surface area contributed by atoms with Gasteiger partial charge in [-0.2, -0.15) is 0 Å². The van der Waals surface area contributed by atoms with E-state index in [-0.39, 0.29) is 30.4 Å². The predicted molar refractivity (Wildman–Crippen MR) is 67.6 cm³/mol. The molecular weight excluding hydrogens is 230 g/mol. The van der Waals surface area contributed by atoms with Crippen molar-refractivity contribution in [1.29, 1.82) is 0 Å². The molecule has 4 heteroatoms. The second kappa shape index (κ2) is 4.21. The minimum Gasteiger partial charge on any atom is -0.395 e. The molecule has 0 atom stereocenters. The summed E-state index contributed by atoms with van der Waals surface area (Å²) in [5, 5.41) is 8.88. The van der Waals surface area contributed by atoms with Crippen LogP contribution in [0.1, 0.15) is 47.1 Å². The second-order valence-electron chi connectivity index (χ2n) is 5.50. The van der Waals surface area contributed by atoms with Gasteiger partial charge >= 0.3 is 0 Å². The van der Waals surface area contributed by atoms with Gasteiger partial charge in [0.05, 0.1) is 24.3 Å². The number of hydrogen-bond acceptors (Lipinski definition) is 3. The average Bonchev–Trinajstić information content (AvgIpc) is 2.53. The molecule has 0 aromatic heterocycles. The molecule has 1 N–H and O–H groups in total. The van der Waals surface area contributed by atoms with Gasteiger partial charge in [0.15, 0.2) is 0 Å². The molecule has 2 rings (SSSR count). The third-order valence-corrected chi connectivity index (χ3v) is 3.16. The number of hydrogen-bond donors (Lipinski definition) is 1. The van der Waals surface area contributed by atoms with E-state index < -0.39 is 0 Å². The van der Waals surface area contributed by atoms with Crippen LogP contribution in [0.4, 0.5) is 0 Å². The van der Waals surface area contributed by atoms with Crippen LogP contribution in [0.5, 0.6) is 0 Å². The molecule has 0 spiro atoms. The van der Waals surface area contributed by atoms with Crippen LogP contribution >= 0.6 is 0 Å². The molecule has 1 aliphatic heterocycles. The normalized spacial score (nSPS) is 15.2. The van der Waals surface area contributed by atoms with Crippen LogP contribution < -0.4 is 0 Å². The van der Waals surface area contributed by atoms with E-state index in [2.05, 4.69) is 20.8 Å². The summed E-state index contributed by atoms with van der Waals surface area (Å²) in [7, 11) is 0. The third-order valence-electron chi connectivity index (χ3n) is 3.16. The van der Waals surface area contributed by atoms with Crippen molar-refractivity contribution >= 4 is 11.8 Å². The molecule has 1 heterocycles. The Bertz CT molecular complexity index is 514. The summed E-state index contributed by atoms with van der Waals surface area (Å²) in [6.45, 7) is 6.01. The molecule has 18 heavy (non-hydrogen) atoms. The number of carbonyl (C=O) groups excluding carboxylic acids is 2. The van der Waals surface area contributed by atoms with Gasteiger partial charge in [0.25, 0.3) is 11.8 Å². The fourth-order valence-electron chi connectivity index (χ4n) is 2.06. The van der Waals surface area contributed by atoms with Crippen LogP contribution in [0.3, 0.4) is 0 Å². The van der Waals surface area contributed by atoms with E-state index in [0.717, 1.165) is 10.5 Å². The average molecular weight is 247 g/mol. The summed E-state index contributed by atoms with van der Waals surface area (Å²) >= 11 is 0. The van der Waals surface area contributed by atoms with Crippen LogP contribution in [-0.2, 0) is 5.41 Å². The number of aliphatic hydroxyl groups excluding tert-OH is 1. The molecule has 96 valence electrons. The summed E-state index contributed by atoms with van der Waals surface area (Å²) < 4.78 is 0. The van der Waals surface area contributed by atoms with Gasteiger partial charge in [0.1, 0.15) is 0 Å². The van der Waals surface area contributed by atoms with Crippen LogP contribution in [0.15, 0.2) is 18.2 Å². The lowest BCUT2D eigenvalue weighted by molar-refractivity contribution is 0.0624. The van der Waals surface area contributed by atoms with Gasteiger partial charge in [0.2, 0.25) is 0 Å². The number of rotatable bonds is 2. The highest BCUT2D eigenvalue weighted by Gasteiger charge is 2.35. The van der Waals surface area contributed by atoms with E-state index in [0.29, 0.717) is 11.1 Å². The van der Waals surface area contributed by atoms with E-state index in [4.69, 9.17) is 5.11 Å². The van der Waals surface area contributed by atoms with Crippen molar-refractivity contribution in [3.8, 4) is 0 Å². The quantitative estimate of drug-likeness (QED) is 0.807. The standard InChI is InChI=1S/C14H17NO3/c1-14(2,3)9-4-5-10-11(8-9)13(18)15(6-7-16)12(10)17/h4-5,8,16H,6-7H2,1-3H3. The fourth-order valence-corrected chi connectivity index (χ4v) is 2.06. The Balaban J connectivity index is 2.46. The second-order valence-corrected chi connectivity index (χ2v) is 5.50. The highest BCUT2D eigenvalue weighted by atomic mass is 16.3. The molecule has 0 aliphatic carbocycles. The largest absolute Gasteiger partial charge is 0.395 e. The van der Waals surface area contributed by atoms with Crippen LogP contribution in [0.2, 0.25) is 0 Å². The van der Waals surface area contributed by atoms with Crippen molar-refractivity contribution in [3.63, 3.8) is 0 Å². The first-order valence-corrected chi connectivity index (χ1v) is 5.98. The molecule has 0 fully saturated rings. The van der Waals surface area contributed by atoms with Crippen molar-refractivity contribution in [1.82, 2.24) is 4.90 Å². The number of aliphatic hydroxyl groups is 1. The van der Waals surface area contributed by atoms with E-state index in [9.17, 15) is 9.59 Å². The zero-order valence-electron chi connectivity index (χ0n) is 10.9. The number of carbonyl (C=O) groups is 2. The maximum Gasteiger partial charge on any atom is 0.261 e.